The number of aliphatic hydroxyl groups excluding tert-OH is 1. The number of anilines is 2. The van der Waals surface area contributed by atoms with Crippen molar-refractivity contribution in [2.24, 2.45) is 5.92 Å². The number of hydrogen-bond donors (Lipinski definition) is 3. The van der Waals surface area contributed by atoms with Crippen LogP contribution in [0, 0.1) is 12.8 Å². The highest BCUT2D eigenvalue weighted by Crippen LogP contribution is 2.65. The van der Waals surface area contributed by atoms with Crippen molar-refractivity contribution in [3.63, 3.8) is 0 Å². The summed E-state index contributed by atoms with van der Waals surface area (Å²) in [6, 6.07) is 1.75. The quantitative estimate of drug-likeness (QED) is 0.385. The first-order chi connectivity index (χ1) is 18.1. The summed E-state index contributed by atoms with van der Waals surface area (Å²) in [6.07, 6.45) is -9.12. The van der Waals surface area contributed by atoms with E-state index in [9.17, 15) is 31.4 Å². The standard InChI is InChI=1S/C24H23F6N5O4/c1-9-16(13-4-10-5-15(24(28,29)30)31-7-14(10)37-13)19(35-20(33-9)32-8-22(25,26)27)34-12-6-11-17(36)23(11)18(12)38-21(2,3)39-23/h4-5,7,11-12,17-18,36H,6,8H2,1-3H3,(H2,32,33,34,35)/t11-,12-,17?,18+,23+/m1/s1. The Morgan fingerprint density at radius 2 is 1.87 bits per heavy atom. The highest BCUT2D eigenvalue weighted by molar-refractivity contribution is 5.86. The molecule has 3 aromatic heterocycles. The van der Waals surface area contributed by atoms with Crippen molar-refractivity contribution in [1.29, 1.82) is 0 Å². The van der Waals surface area contributed by atoms with Crippen molar-refractivity contribution >= 4 is 22.7 Å². The third kappa shape index (κ3) is 4.36. The van der Waals surface area contributed by atoms with Crippen LogP contribution in [0.1, 0.15) is 31.7 Å². The first-order valence-corrected chi connectivity index (χ1v) is 12.1. The van der Waals surface area contributed by atoms with Gasteiger partial charge in [0.15, 0.2) is 11.4 Å². The number of furan rings is 1. The van der Waals surface area contributed by atoms with E-state index in [0.29, 0.717) is 6.42 Å². The number of hydrogen-bond acceptors (Lipinski definition) is 9. The van der Waals surface area contributed by atoms with Crippen molar-refractivity contribution < 1.29 is 45.3 Å². The second kappa shape index (κ2) is 8.17. The fraction of sp³-hybridized carbons (Fsp3) is 0.542. The molecule has 0 amide bonds. The molecule has 5 atom stereocenters. The van der Waals surface area contributed by atoms with E-state index in [1.165, 1.54) is 13.0 Å². The zero-order chi connectivity index (χ0) is 28.1. The Hall–Kier alpha value is -3.17. The third-order valence-electron chi connectivity index (χ3n) is 7.27. The smallest absolute Gasteiger partial charge is 0.433 e. The lowest BCUT2D eigenvalue weighted by atomic mass is 10.1. The van der Waals surface area contributed by atoms with Gasteiger partial charge in [-0.05, 0) is 39.3 Å². The summed E-state index contributed by atoms with van der Waals surface area (Å²) in [5.74, 6) is -1.31. The van der Waals surface area contributed by atoms with E-state index in [2.05, 4.69) is 25.6 Å². The van der Waals surface area contributed by atoms with E-state index < -0.39 is 54.2 Å². The maximum Gasteiger partial charge on any atom is 0.433 e. The molecule has 210 valence electrons. The molecule has 0 bridgehead atoms. The molecule has 15 heteroatoms. The number of nitrogens with one attached hydrogen (secondary N) is 2. The second-order valence-corrected chi connectivity index (χ2v) is 10.5. The van der Waals surface area contributed by atoms with Gasteiger partial charge in [-0.1, -0.05) is 0 Å². The zero-order valence-electron chi connectivity index (χ0n) is 20.7. The van der Waals surface area contributed by atoms with Gasteiger partial charge in [-0.2, -0.15) is 31.3 Å². The SMILES string of the molecule is Cc1nc(NCC(F)(F)F)nc(N[C@@H]2C[C@@H]3C(O)[C@@]34OC(C)(C)O[C@@H]24)c1-c1cc2cc(C(F)(F)F)ncc2o1. The average Bonchev–Trinajstić information content (AvgIpc) is 3.17. The molecular weight excluding hydrogens is 536 g/mol. The number of fused-ring (bicyclic) bond motifs is 1. The number of rotatable bonds is 5. The largest absolute Gasteiger partial charge is 0.454 e. The Morgan fingerprint density at radius 1 is 1.13 bits per heavy atom. The summed E-state index contributed by atoms with van der Waals surface area (Å²) in [6.45, 7) is 3.58. The van der Waals surface area contributed by atoms with Crippen molar-refractivity contribution in [2.75, 3.05) is 17.2 Å². The Kier molecular flexibility index (Phi) is 5.47. The minimum atomic E-state index is -4.66. The van der Waals surface area contributed by atoms with Crippen LogP contribution >= 0.6 is 0 Å². The molecule has 4 heterocycles. The monoisotopic (exact) mass is 559 g/mol. The van der Waals surface area contributed by atoms with Crippen molar-refractivity contribution in [3.8, 4) is 11.3 Å². The minimum absolute atomic E-state index is 0.0704. The van der Waals surface area contributed by atoms with Crippen LogP contribution in [0.4, 0.5) is 38.1 Å². The number of ether oxygens (including phenoxy) is 2. The van der Waals surface area contributed by atoms with Crippen LogP contribution in [0.5, 0.6) is 0 Å². The molecular formula is C24H23F6N5O4. The maximum absolute atomic E-state index is 13.2. The molecule has 3 aromatic rings. The fourth-order valence-corrected chi connectivity index (χ4v) is 5.73. The first-order valence-electron chi connectivity index (χ1n) is 12.1. The lowest BCUT2D eigenvalue weighted by molar-refractivity contribution is -0.157. The van der Waals surface area contributed by atoms with E-state index in [4.69, 9.17) is 13.9 Å². The van der Waals surface area contributed by atoms with E-state index in [1.54, 1.807) is 13.8 Å². The molecule has 0 radical (unpaired) electrons. The highest BCUT2D eigenvalue weighted by Gasteiger charge is 2.81. The Bertz CT molecular complexity index is 1460. The molecule has 1 unspecified atom stereocenters. The van der Waals surface area contributed by atoms with Gasteiger partial charge in [0.1, 0.15) is 35.5 Å². The predicted molar refractivity (Wildman–Crippen MR) is 124 cm³/mol. The van der Waals surface area contributed by atoms with Crippen molar-refractivity contribution in [2.45, 2.75) is 69.2 Å². The van der Waals surface area contributed by atoms with Gasteiger partial charge < -0.3 is 29.6 Å². The average molecular weight is 559 g/mol. The third-order valence-corrected chi connectivity index (χ3v) is 7.27. The maximum atomic E-state index is 13.2. The number of pyridine rings is 1. The molecule has 3 fully saturated rings. The van der Waals surface area contributed by atoms with Crippen molar-refractivity contribution in [3.05, 3.63) is 29.7 Å². The summed E-state index contributed by atoms with van der Waals surface area (Å²) in [5.41, 5.74) is -1.48. The topological polar surface area (TPSA) is 115 Å². The number of aromatic nitrogens is 3. The molecule has 0 aromatic carbocycles. The first kappa shape index (κ1) is 26.1. The van der Waals surface area contributed by atoms with Gasteiger partial charge >= 0.3 is 12.4 Å². The van der Waals surface area contributed by atoms with Crippen LogP contribution in [0.3, 0.4) is 0 Å². The van der Waals surface area contributed by atoms with Gasteiger partial charge in [0.25, 0.3) is 0 Å². The van der Waals surface area contributed by atoms with Gasteiger partial charge in [-0.15, -0.1) is 0 Å². The predicted octanol–water partition coefficient (Wildman–Crippen LogP) is 4.65. The van der Waals surface area contributed by atoms with Gasteiger partial charge in [-0.3, -0.25) is 0 Å². The van der Waals surface area contributed by atoms with Crippen LogP contribution in [0.25, 0.3) is 22.3 Å². The number of aliphatic hydroxyl groups is 1. The zero-order valence-corrected chi connectivity index (χ0v) is 20.7. The van der Waals surface area contributed by atoms with E-state index in [0.717, 1.165) is 12.3 Å². The van der Waals surface area contributed by atoms with E-state index in [1.807, 2.05) is 0 Å². The van der Waals surface area contributed by atoms with Crippen LogP contribution in [0.15, 0.2) is 22.7 Å². The number of aryl methyl sites for hydroxylation is 1. The van der Waals surface area contributed by atoms with Gasteiger partial charge in [0.05, 0.1) is 29.6 Å². The van der Waals surface area contributed by atoms with Gasteiger partial charge in [-0.25, -0.2) is 9.97 Å². The summed E-state index contributed by atoms with van der Waals surface area (Å²) in [5, 5.41) is 16.0. The van der Waals surface area contributed by atoms with E-state index >= 15 is 0 Å². The van der Waals surface area contributed by atoms with Gasteiger partial charge in [0, 0.05) is 11.3 Å². The molecule has 6 rings (SSSR count). The Morgan fingerprint density at radius 3 is 2.56 bits per heavy atom. The second-order valence-electron chi connectivity index (χ2n) is 10.5. The van der Waals surface area contributed by atoms with Crippen LogP contribution < -0.4 is 10.6 Å². The minimum Gasteiger partial charge on any atom is -0.454 e. The Balaban J connectivity index is 1.39. The van der Waals surface area contributed by atoms with Crippen LogP contribution in [-0.2, 0) is 15.7 Å². The summed E-state index contributed by atoms with van der Waals surface area (Å²) in [4.78, 5) is 11.8. The lowest BCUT2D eigenvalue weighted by Crippen LogP contribution is -2.40. The van der Waals surface area contributed by atoms with Gasteiger partial charge in [0.2, 0.25) is 5.95 Å². The Labute approximate surface area is 216 Å². The van der Waals surface area contributed by atoms with Crippen molar-refractivity contribution in [1.82, 2.24) is 15.0 Å². The summed E-state index contributed by atoms with van der Waals surface area (Å²) < 4.78 is 96.0. The molecule has 1 saturated heterocycles. The fourth-order valence-electron chi connectivity index (χ4n) is 5.73. The number of halogens is 6. The molecule has 1 spiro atoms. The van der Waals surface area contributed by atoms with E-state index in [-0.39, 0.29) is 45.7 Å². The molecule has 3 N–H and O–H groups in total. The summed E-state index contributed by atoms with van der Waals surface area (Å²) >= 11 is 0. The number of alkyl halides is 6. The normalized spacial score (nSPS) is 29.4. The number of nitrogens with zero attached hydrogens (tertiary/aromatic N) is 3. The summed E-state index contributed by atoms with van der Waals surface area (Å²) in [7, 11) is 0. The van der Waals surface area contributed by atoms with Crippen LogP contribution in [0.2, 0.25) is 0 Å². The molecule has 3 aliphatic rings. The molecule has 9 nitrogen and oxygen atoms in total. The molecule has 2 saturated carbocycles. The highest BCUT2D eigenvalue weighted by atomic mass is 19.4. The molecule has 1 aliphatic heterocycles. The molecule has 39 heavy (non-hydrogen) atoms. The van der Waals surface area contributed by atoms with Crippen LogP contribution in [-0.4, -0.2) is 62.4 Å². The lowest BCUT2D eigenvalue weighted by Gasteiger charge is -2.26. The molecule has 2 aliphatic carbocycles.